The Balaban J connectivity index is 1.29. The monoisotopic (exact) mass is 450 g/mol. The number of benzene rings is 2. The largest absolute Gasteiger partial charge is 0.497 e. The van der Waals surface area contributed by atoms with Gasteiger partial charge in [0.2, 0.25) is 5.91 Å². The van der Waals surface area contributed by atoms with Crippen LogP contribution in [0.5, 0.6) is 5.75 Å². The van der Waals surface area contributed by atoms with E-state index in [9.17, 15) is 4.79 Å². The average molecular weight is 451 g/mol. The fourth-order valence-electron chi connectivity index (χ4n) is 3.59. The zero-order valence-electron chi connectivity index (χ0n) is 18.4. The standard InChI is InChI=1S/C23H26N6O2S/c1-16-25-20-7-4-5-8-21(20)28(16)14-6-13-24-22(30)15-32-23-27-26-17(2)29(23)18-9-11-19(31-3)12-10-18/h4-5,7-12H,6,13-15H2,1-3H3,(H,24,30). The Hall–Kier alpha value is -3.33. The minimum absolute atomic E-state index is 0.0239. The summed E-state index contributed by atoms with van der Waals surface area (Å²) in [4.78, 5) is 17.0. The maximum atomic E-state index is 12.4. The molecule has 166 valence electrons. The van der Waals surface area contributed by atoms with Crippen molar-refractivity contribution < 1.29 is 9.53 Å². The van der Waals surface area contributed by atoms with Crippen LogP contribution < -0.4 is 10.1 Å². The molecule has 2 aromatic heterocycles. The van der Waals surface area contributed by atoms with Crippen molar-refractivity contribution >= 4 is 28.7 Å². The third-order valence-corrected chi connectivity index (χ3v) is 6.11. The normalized spacial score (nSPS) is 11.1. The molecular weight excluding hydrogens is 424 g/mol. The number of carbonyl (C=O) groups is 1. The van der Waals surface area contributed by atoms with E-state index in [1.54, 1.807) is 7.11 Å². The van der Waals surface area contributed by atoms with Crippen LogP contribution in [0.4, 0.5) is 0 Å². The Labute approximate surface area is 191 Å². The molecule has 0 aliphatic rings. The summed E-state index contributed by atoms with van der Waals surface area (Å²) in [6.07, 6.45) is 0.832. The van der Waals surface area contributed by atoms with Crippen molar-refractivity contribution in [3.8, 4) is 11.4 Å². The van der Waals surface area contributed by atoms with Crippen LogP contribution in [-0.4, -0.2) is 49.6 Å². The number of nitrogens with zero attached hydrogens (tertiary/aromatic N) is 5. The number of imidazole rings is 1. The Kier molecular flexibility index (Phi) is 6.75. The molecule has 0 aliphatic heterocycles. The molecule has 2 heterocycles. The van der Waals surface area contributed by atoms with Gasteiger partial charge in [0.25, 0.3) is 0 Å². The second-order valence-electron chi connectivity index (χ2n) is 7.35. The molecular formula is C23H26N6O2S. The van der Waals surface area contributed by atoms with Gasteiger partial charge in [0, 0.05) is 18.8 Å². The highest BCUT2D eigenvalue weighted by molar-refractivity contribution is 7.99. The molecule has 8 nitrogen and oxygen atoms in total. The van der Waals surface area contributed by atoms with E-state index in [1.807, 2.05) is 60.9 Å². The summed E-state index contributed by atoms with van der Waals surface area (Å²) in [6.45, 7) is 5.32. The predicted molar refractivity (Wildman–Crippen MR) is 125 cm³/mol. The number of thioether (sulfide) groups is 1. The number of aryl methyl sites for hydroxylation is 3. The molecule has 32 heavy (non-hydrogen) atoms. The zero-order valence-corrected chi connectivity index (χ0v) is 19.2. The van der Waals surface area contributed by atoms with Crippen LogP contribution in [0.3, 0.4) is 0 Å². The van der Waals surface area contributed by atoms with Gasteiger partial charge in [0.1, 0.15) is 17.4 Å². The van der Waals surface area contributed by atoms with E-state index in [4.69, 9.17) is 4.74 Å². The van der Waals surface area contributed by atoms with E-state index in [0.717, 1.165) is 47.1 Å². The molecule has 1 amide bonds. The summed E-state index contributed by atoms with van der Waals surface area (Å²) in [6, 6.07) is 15.8. The molecule has 0 saturated heterocycles. The quantitative estimate of drug-likeness (QED) is 0.310. The van der Waals surface area contributed by atoms with Crippen LogP contribution >= 0.6 is 11.8 Å². The van der Waals surface area contributed by atoms with Crippen molar-refractivity contribution in [2.75, 3.05) is 19.4 Å². The summed E-state index contributed by atoms with van der Waals surface area (Å²) < 4.78 is 9.35. The van der Waals surface area contributed by atoms with Crippen LogP contribution in [-0.2, 0) is 11.3 Å². The highest BCUT2D eigenvalue weighted by atomic mass is 32.2. The number of methoxy groups -OCH3 is 1. The fourth-order valence-corrected chi connectivity index (χ4v) is 4.42. The molecule has 0 bridgehead atoms. The number of hydrogen-bond donors (Lipinski definition) is 1. The van der Waals surface area contributed by atoms with Crippen LogP contribution in [0.1, 0.15) is 18.1 Å². The number of rotatable bonds is 9. The van der Waals surface area contributed by atoms with Crippen LogP contribution in [0.25, 0.3) is 16.7 Å². The molecule has 0 saturated carbocycles. The van der Waals surface area contributed by atoms with Crippen molar-refractivity contribution in [3.05, 3.63) is 60.2 Å². The lowest BCUT2D eigenvalue weighted by molar-refractivity contribution is -0.118. The first-order valence-electron chi connectivity index (χ1n) is 10.4. The maximum absolute atomic E-state index is 12.4. The third-order valence-electron chi connectivity index (χ3n) is 5.18. The van der Waals surface area contributed by atoms with Crippen molar-refractivity contribution in [1.82, 2.24) is 29.6 Å². The van der Waals surface area contributed by atoms with E-state index in [1.165, 1.54) is 11.8 Å². The van der Waals surface area contributed by atoms with Crippen molar-refractivity contribution in [3.63, 3.8) is 0 Å². The van der Waals surface area contributed by atoms with Gasteiger partial charge in [-0.25, -0.2) is 4.98 Å². The number of nitrogens with one attached hydrogen (secondary N) is 1. The van der Waals surface area contributed by atoms with E-state index >= 15 is 0 Å². The highest BCUT2D eigenvalue weighted by Crippen LogP contribution is 2.23. The van der Waals surface area contributed by atoms with Gasteiger partial charge in [-0.15, -0.1) is 10.2 Å². The van der Waals surface area contributed by atoms with Crippen LogP contribution in [0, 0.1) is 13.8 Å². The summed E-state index contributed by atoms with van der Waals surface area (Å²) in [5, 5.41) is 12.1. The Morgan fingerprint density at radius 2 is 1.84 bits per heavy atom. The van der Waals surface area contributed by atoms with E-state index in [-0.39, 0.29) is 11.7 Å². The number of amides is 1. The third kappa shape index (κ3) is 4.77. The molecule has 0 fully saturated rings. The number of para-hydroxylation sites is 2. The zero-order chi connectivity index (χ0) is 22.5. The van der Waals surface area contributed by atoms with Gasteiger partial charge in [0.15, 0.2) is 5.16 Å². The van der Waals surface area contributed by atoms with Gasteiger partial charge in [-0.1, -0.05) is 23.9 Å². The summed E-state index contributed by atoms with van der Waals surface area (Å²) in [5.74, 6) is 2.79. The highest BCUT2D eigenvalue weighted by Gasteiger charge is 2.13. The van der Waals surface area contributed by atoms with E-state index < -0.39 is 0 Å². The predicted octanol–water partition coefficient (Wildman–Crippen LogP) is 3.54. The molecule has 1 N–H and O–H groups in total. The lowest BCUT2D eigenvalue weighted by atomic mass is 10.3. The first-order chi connectivity index (χ1) is 15.6. The molecule has 0 spiro atoms. The molecule has 0 aliphatic carbocycles. The second kappa shape index (κ2) is 9.86. The van der Waals surface area contributed by atoms with Crippen molar-refractivity contribution in [1.29, 1.82) is 0 Å². The minimum atomic E-state index is -0.0239. The van der Waals surface area contributed by atoms with Gasteiger partial charge < -0.3 is 14.6 Å². The van der Waals surface area contributed by atoms with Gasteiger partial charge >= 0.3 is 0 Å². The Morgan fingerprint density at radius 1 is 1.06 bits per heavy atom. The smallest absolute Gasteiger partial charge is 0.230 e. The lowest BCUT2D eigenvalue weighted by Crippen LogP contribution is -2.27. The van der Waals surface area contributed by atoms with Crippen molar-refractivity contribution in [2.45, 2.75) is 32.0 Å². The SMILES string of the molecule is COc1ccc(-n2c(C)nnc2SCC(=O)NCCCn2c(C)nc3ccccc32)cc1. The summed E-state index contributed by atoms with van der Waals surface area (Å²) in [7, 11) is 1.64. The van der Waals surface area contributed by atoms with E-state index in [2.05, 4.69) is 31.1 Å². The molecule has 0 unspecified atom stereocenters. The number of ether oxygens (including phenoxy) is 1. The topological polar surface area (TPSA) is 86.9 Å². The van der Waals surface area contributed by atoms with Gasteiger partial charge in [0.05, 0.1) is 23.9 Å². The number of fused-ring (bicyclic) bond motifs is 1. The van der Waals surface area contributed by atoms with E-state index in [0.29, 0.717) is 11.7 Å². The average Bonchev–Trinajstić information content (AvgIpc) is 3.34. The number of aromatic nitrogens is 5. The lowest BCUT2D eigenvalue weighted by Gasteiger charge is -2.10. The van der Waals surface area contributed by atoms with Gasteiger partial charge in [-0.3, -0.25) is 9.36 Å². The Bertz CT molecular complexity index is 1220. The fraction of sp³-hybridized carbons (Fsp3) is 0.304. The van der Waals surface area contributed by atoms with Crippen LogP contribution in [0.15, 0.2) is 53.7 Å². The molecule has 2 aromatic carbocycles. The van der Waals surface area contributed by atoms with Crippen molar-refractivity contribution in [2.24, 2.45) is 0 Å². The number of hydrogen-bond acceptors (Lipinski definition) is 6. The Morgan fingerprint density at radius 3 is 2.62 bits per heavy atom. The van der Waals surface area contributed by atoms with Gasteiger partial charge in [-0.05, 0) is 56.7 Å². The first-order valence-corrected chi connectivity index (χ1v) is 11.4. The van der Waals surface area contributed by atoms with Gasteiger partial charge in [-0.2, -0.15) is 0 Å². The first kappa shape index (κ1) is 21.9. The molecule has 4 aromatic rings. The number of carbonyl (C=O) groups excluding carboxylic acids is 1. The molecule has 0 atom stereocenters. The minimum Gasteiger partial charge on any atom is -0.497 e. The molecule has 0 radical (unpaired) electrons. The second-order valence-corrected chi connectivity index (χ2v) is 8.30. The van der Waals surface area contributed by atoms with Crippen LogP contribution in [0.2, 0.25) is 0 Å². The molecule has 4 rings (SSSR count). The molecule has 9 heteroatoms. The summed E-state index contributed by atoms with van der Waals surface area (Å²) in [5.41, 5.74) is 3.06. The summed E-state index contributed by atoms with van der Waals surface area (Å²) >= 11 is 1.37. The maximum Gasteiger partial charge on any atom is 0.230 e.